The van der Waals surface area contributed by atoms with Crippen LogP contribution in [0.4, 0.5) is 0 Å². The first-order chi connectivity index (χ1) is 6.33. The van der Waals surface area contributed by atoms with Crippen molar-refractivity contribution < 1.29 is 0 Å². The molecule has 2 nitrogen and oxygen atoms in total. The van der Waals surface area contributed by atoms with Gasteiger partial charge in [0.05, 0.1) is 5.45 Å². The first-order valence-corrected chi connectivity index (χ1v) is 8.30. The van der Waals surface area contributed by atoms with Crippen molar-refractivity contribution in [3.05, 3.63) is 12.4 Å². The number of aryl methyl sites for hydroxylation is 1. The normalized spacial score (nSPS) is 13.3. The molecule has 1 aromatic heterocycles. The minimum absolute atomic E-state index is 0.409. The van der Waals surface area contributed by atoms with Crippen LogP contribution in [0.15, 0.2) is 12.4 Å². The molecule has 0 fully saturated rings. The summed E-state index contributed by atoms with van der Waals surface area (Å²) in [6.45, 7) is 11.8. The van der Waals surface area contributed by atoms with E-state index in [1.807, 2.05) is 6.20 Å². The molecular weight excluding hydrogens is 188 g/mol. The van der Waals surface area contributed by atoms with E-state index in [0.717, 1.165) is 0 Å². The average Bonchev–Trinajstić information content (AvgIpc) is 2.51. The third kappa shape index (κ3) is 1.65. The van der Waals surface area contributed by atoms with Crippen LogP contribution in [0.5, 0.6) is 0 Å². The zero-order valence-corrected chi connectivity index (χ0v) is 11.3. The number of nitrogens with zero attached hydrogens (tertiary/aromatic N) is 2. The zero-order chi connectivity index (χ0) is 11.0. The van der Waals surface area contributed by atoms with Gasteiger partial charge in [-0.1, -0.05) is 40.3 Å². The Morgan fingerprint density at radius 1 is 1.43 bits per heavy atom. The van der Waals surface area contributed by atoms with Gasteiger partial charge in [0, 0.05) is 19.4 Å². The molecule has 0 amide bonds. The minimum Gasteiger partial charge on any atom is -0.342 e. The van der Waals surface area contributed by atoms with Gasteiger partial charge >= 0.3 is 0 Å². The van der Waals surface area contributed by atoms with Crippen LogP contribution in [0.25, 0.3) is 0 Å². The van der Waals surface area contributed by atoms with Crippen molar-refractivity contribution >= 4 is 13.5 Å². The summed E-state index contributed by atoms with van der Waals surface area (Å²) < 4.78 is 2.18. The predicted octanol–water partition coefficient (Wildman–Crippen LogP) is 2.53. The van der Waals surface area contributed by atoms with Crippen LogP contribution in [-0.4, -0.2) is 17.6 Å². The highest BCUT2D eigenvalue weighted by Crippen LogP contribution is 2.39. The highest BCUT2D eigenvalue weighted by atomic mass is 28.3. The van der Waals surface area contributed by atoms with Gasteiger partial charge in [0.15, 0.2) is 0 Å². The van der Waals surface area contributed by atoms with Gasteiger partial charge in [0.2, 0.25) is 0 Å². The van der Waals surface area contributed by atoms with Crippen molar-refractivity contribution in [2.24, 2.45) is 7.05 Å². The molecule has 0 radical (unpaired) electrons. The van der Waals surface area contributed by atoms with E-state index in [1.165, 1.54) is 11.9 Å². The number of hydrogen-bond donors (Lipinski definition) is 0. The maximum atomic E-state index is 4.53. The highest BCUT2D eigenvalue weighted by Gasteiger charge is 2.42. The lowest BCUT2D eigenvalue weighted by molar-refractivity contribution is 0.622. The lowest BCUT2D eigenvalue weighted by Crippen LogP contribution is -2.54. The van der Waals surface area contributed by atoms with Crippen molar-refractivity contribution in [3.8, 4) is 0 Å². The zero-order valence-electron chi connectivity index (χ0n) is 10.3. The van der Waals surface area contributed by atoms with Crippen LogP contribution in [0.2, 0.25) is 18.1 Å². The summed E-state index contributed by atoms with van der Waals surface area (Å²) in [5, 5.41) is 0.409. The van der Waals surface area contributed by atoms with Crippen LogP contribution >= 0.6 is 0 Å². The molecule has 1 aromatic rings. The molecule has 0 aliphatic heterocycles. The molecule has 0 aliphatic carbocycles. The van der Waals surface area contributed by atoms with E-state index < -0.39 is 8.07 Å². The molecule has 0 N–H and O–H groups in total. The summed E-state index contributed by atoms with van der Waals surface area (Å²) in [5.41, 5.74) is 1.31. The van der Waals surface area contributed by atoms with E-state index in [4.69, 9.17) is 0 Å². The molecule has 0 bridgehead atoms. The SMILES string of the molecule is CCC(C)(C)[Si](C)(C)c1nccn1C. The second-order valence-corrected chi connectivity index (χ2v) is 10.3. The van der Waals surface area contributed by atoms with E-state index in [-0.39, 0.29) is 0 Å². The molecule has 80 valence electrons. The van der Waals surface area contributed by atoms with E-state index >= 15 is 0 Å². The van der Waals surface area contributed by atoms with Crippen LogP contribution < -0.4 is 5.45 Å². The lowest BCUT2D eigenvalue weighted by Gasteiger charge is -2.38. The monoisotopic (exact) mass is 210 g/mol. The van der Waals surface area contributed by atoms with Gasteiger partial charge in [-0.05, 0) is 5.04 Å². The third-order valence-electron chi connectivity index (χ3n) is 3.96. The van der Waals surface area contributed by atoms with Crippen molar-refractivity contribution in [1.29, 1.82) is 0 Å². The first kappa shape index (κ1) is 11.5. The van der Waals surface area contributed by atoms with Gasteiger partial charge in [0.1, 0.15) is 8.07 Å². The van der Waals surface area contributed by atoms with Gasteiger partial charge < -0.3 is 4.57 Å². The summed E-state index contributed by atoms with van der Waals surface area (Å²) in [6.07, 6.45) is 5.19. The Hall–Kier alpha value is -0.573. The third-order valence-corrected chi connectivity index (χ3v) is 9.29. The van der Waals surface area contributed by atoms with Gasteiger partial charge in [-0.25, -0.2) is 4.98 Å². The number of aromatic nitrogens is 2. The van der Waals surface area contributed by atoms with E-state index in [0.29, 0.717) is 5.04 Å². The largest absolute Gasteiger partial charge is 0.342 e. The summed E-state index contributed by atoms with van der Waals surface area (Å²) in [5.74, 6) is 0. The number of imidazole rings is 1. The Morgan fingerprint density at radius 2 is 2.00 bits per heavy atom. The Morgan fingerprint density at radius 3 is 2.36 bits per heavy atom. The average molecular weight is 210 g/mol. The second-order valence-electron chi connectivity index (χ2n) is 5.22. The molecule has 14 heavy (non-hydrogen) atoms. The van der Waals surface area contributed by atoms with Gasteiger partial charge in [-0.15, -0.1) is 0 Å². The summed E-state index contributed by atoms with van der Waals surface area (Å²) >= 11 is 0. The predicted molar refractivity (Wildman–Crippen MR) is 64.7 cm³/mol. The second kappa shape index (κ2) is 3.53. The smallest absolute Gasteiger partial charge is 0.131 e. The fourth-order valence-corrected chi connectivity index (χ4v) is 4.56. The van der Waals surface area contributed by atoms with Crippen molar-refractivity contribution in [2.45, 2.75) is 45.3 Å². The minimum atomic E-state index is -1.45. The molecule has 0 atom stereocenters. The molecule has 0 aliphatic rings. The Balaban J connectivity index is 3.14. The number of hydrogen-bond acceptors (Lipinski definition) is 1. The Labute approximate surface area is 88.4 Å². The van der Waals surface area contributed by atoms with Gasteiger partial charge in [-0.3, -0.25) is 0 Å². The van der Waals surface area contributed by atoms with Crippen LogP contribution in [0, 0.1) is 0 Å². The Kier molecular flexibility index (Phi) is 2.90. The standard InChI is InChI=1S/C11H22N2Si/c1-7-11(2,3)14(5,6)10-12-8-9-13(10)4/h8-9H,7H2,1-6H3. The number of rotatable bonds is 3. The molecular formula is C11H22N2Si. The van der Waals surface area contributed by atoms with Gasteiger partial charge in [-0.2, -0.15) is 0 Å². The van der Waals surface area contributed by atoms with Crippen LogP contribution in [0.1, 0.15) is 27.2 Å². The summed E-state index contributed by atoms with van der Waals surface area (Å²) in [4.78, 5) is 4.53. The molecule has 0 saturated carbocycles. The van der Waals surface area contributed by atoms with Crippen LogP contribution in [0.3, 0.4) is 0 Å². The fourth-order valence-electron chi connectivity index (χ4n) is 1.71. The topological polar surface area (TPSA) is 17.8 Å². The molecule has 0 saturated heterocycles. The van der Waals surface area contributed by atoms with Crippen LogP contribution in [-0.2, 0) is 7.05 Å². The maximum absolute atomic E-state index is 4.53. The molecule has 0 aromatic carbocycles. The first-order valence-electron chi connectivity index (χ1n) is 5.30. The molecule has 0 unspecified atom stereocenters. The summed E-state index contributed by atoms with van der Waals surface area (Å²) in [7, 11) is 0.652. The van der Waals surface area contributed by atoms with Crippen molar-refractivity contribution in [3.63, 3.8) is 0 Å². The molecule has 3 heteroatoms. The molecule has 0 spiro atoms. The van der Waals surface area contributed by atoms with E-state index in [9.17, 15) is 0 Å². The van der Waals surface area contributed by atoms with E-state index in [2.05, 4.69) is 56.7 Å². The Bertz CT molecular complexity index is 313. The summed E-state index contributed by atoms with van der Waals surface area (Å²) in [6, 6.07) is 0. The quantitative estimate of drug-likeness (QED) is 0.701. The highest BCUT2D eigenvalue weighted by molar-refractivity contribution is 6.91. The van der Waals surface area contributed by atoms with Crippen molar-refractivity contribution in [2.75, 3.05) is 0 Å². The molecule has 1 rings (SSSR count). The fraction of sp³-hybridized carbons (Fsp3) is 0.727. The van der Waals surface area contributed by atoms with E-state index in [1.54, 1.807) is 0 Å². The maximum Gasteiger partial charge on any atom is 0.131 e. The molecule has 1 heterocycles. The van der Waals surface area contributed by atoms with Crippen molar-refractivity contribution in [1.82, 2.24) is 9.55 Å². The lowest BCUT2D eigenvalue weighted by atomic mass is 10.1. The van der Waals surface area contributed by atoms with Gasteiger partial charge in [0.25, 0.3) is 0 Å².